The molecule has 2 aliphatic rings. The summed E-state index contributed by atoms with van der Waals surface area (Å²) in [7, 11) is -0.733. The van der Waals surface area contributed by atoms with Gasteiger partial charge in [-0.05, 0) is 77.5 Å². The van der Waals surface area contributed by atoms with Crippen LogP contribution in [0.5, 0.6) is 17.2 Å². The first-order chi connectivity index (χ1) is 19.7. The van der Waals surface area contributed by atoms with E-state index in [0.29, 0.717) is 47.8 Å². The number of alkyl halides is 3. The molecule has 0 bridgehead atoms. The van der Waals surface area contributed by atoms with Crippen molar-refractivity contribution in [3.05, 3.63) is 76.9 Å². The second-order valence-electron chi connectivity index (χ2n) is 12.6. The molecule has 0 fully saturated rings. The number of esters is 1. The fourth-order valence-corrected chi connectivity index (χ4v) is 6.47. The van der Waals surface area contributed by atoms with E-state index in [1.165, 1.54) is 13.2 Å². The van der Waals surface area contributed by atoms with Gasteiger partial charge in [-0.25, -0.2) is 0 Å². The Morgan fingerprint density at radius 2 is 1.64 bits per heavy atom. The van der Waals surface area contributed by atoms with Crippen LogP contribution in [0.15, 0.2) is 54.6 Å². The normalized spacial score (nSPS) is 18.2. The van der Waals surface area contributed by atoms with E-state index in [2.05, 4.69) is 33.9 Å². The van der Waals surface area contributed by atoms with E-state index < -0.39 is 26.2 Å². The lowest BCUT2D eigenvalue weighted by atomic mass is 9.91. The number of ether oxygens (including phenoxy) is 3. The molecule has 0 saturated carbocycles. The topological polar surface area (TPSA) is 54.0 Å². The molecule has 5 rings (SSSR count). The van der Waals surface area contributed by atoms with Crippen LogP contribution in [0.4, 0.5) is 13.2 Å². The van der Waals surface area contributed by atoms with E-state index in [0.717, 1.165) is 11.1 Å². The summed E-state index contributed by atoms with van der Waals surface area (Å²) in [6.07, 6.45) is -3.65. The molecule has 1 unspecified atom stereocenters. The van der Waals surface area contributed by atoms with Crippen molar-refractivity contribution in [2.45, 2.75) is 76.4 Å². The zero-order valence-electron chi connectivity index (χ0n) is 24.9. The third-order valence-corrected chi connectivity index (χ3v) is 13.1. The summed E-state index contributed by atoms with van der Waals surface area (Å²) >= 11 is 0. The fraction of sp³-hybridized carbons (Fsp3) is 0.424. The van der Waals surface area contributed by atoms with E-state index >= 15 is 0 Å². The van der Waals surface area contributed by atoms with Gasteiger partial charge in [-0.1, -0.05) is 45.0 Å². The summed E-state index contributed by atoms with van der Waals surface area (Å²) in [5, 5.41) is 0.000112. The number of carbonyl (C=O) groups is 1. The molecule has 3 aromatic carbocycles. The number of rotatable bonds is 7. The molecule has 1 aliphatic carbocycles. The molecule has 1 aliphatic heterocycles. The lowest BCUT2D eigenvalue weighted by Gasteiger charge is -2.36. The summed E-state index contributed by atoms with van der Waals surface area (Å²) < 4.78 is 66.0. The van der Waals surface area contributed by atoms with Crippen LogP contribution in [0.1, 0.15) is 67.9 Å². The smallest absolute Gasteiger partial charge is 0.417 e. The molecule has 42 heavy (non-hydrogen) atoms. The average molecular weight is 599 g/mol. The number of halogens is 3. The van der Waals surface area contributed by atoms with Gasteiger partial charge in [0.2, 0.25) is 8.32 Å². The highest BCUT2D eigenvalue weighted by molar-refractivity contribution is 6.74. The molecule has 3 aromatic rings. The summed E-state index contributed by atoms with van der Waals surface area (Å²) in [5.41, 5.74) is 2.38. The minimum Gasteiger partial charge on any atom is -0.544 e. The van der Waals surface area contributed by atoms with Crippen LogP contribution in [0.3, 0.4) is 0 Å². The van der Waals surface area contributed by atoms with Crippen LogP contribution < -0.4 is 13.9 Å². The van der Waals surface area contributed by atoms with Gasteiger partial charge in [0.25, 0.3) is 0 Å². The van der Waals surface area contributed by atoms with Gasteiger partial charge in [0.05, 0.1) is 25.7 Å². The summed E-state index contributed by atoms with van der Waals surface area (Å²) in [6, 6.07) is 15.2. The van der Waals surface area contributed by atoms with Crippen LogP contribution in [-0.2, 0) is 22.1 Å². The molecular weight excluding hydrogens is 561 g/mol. The Balaban J connectivity index is 1.42. The SMILES string of the molecule is COC(=O)CC1COc2cc(O[C@@H]3CCc4c3ccc(C(F)(F)F)c4-c3ccc(O[Si](C)(C)C(C)(C)C)cc3)ccc21. The van der Waals surface area contributed by atoms with E-state index in [1.54, 1.807) is 36.4 Å². The average Bonchev–Trinajstić information content (AvgIpc) is 3.51. The molecule has 0 aromatic heterocycles. The second kappa shape index (κ2) is 11.0. The highest BCUT2D eigenvalue weighted by atomic mass is 28.4. The first-order valence-electron chi connectivity index (χ1n) is 14.2. The molecule has 9 heteroatoms. The molecule has 0 spiro atoms. The van der Waals surface area contributed by atoms with Crippen molar-refractivity contribution in [3.8, 4) is 28.4 Å². The Bertz CT molecular complexity index is 1470. The van der Waals surface area contributed by atoms with Gasteiger partial charge in [0.15, 0.2) is 0 Å². The van der Waals surface area contributed by atoms with Crippen molar-refractivity contribution in [3.63, 3.8) is 0 Å². The van der Waals surface area contributed by atoms with Crippen LogP contribution in [0.2, 0.25) is 18.1 Å². The fourth-order valence-electron chi connectivity index (χ4n) is 5.44. The maximum absolute atomic E-state index is 14.2. The molecule has 2 atom stereocenters. The van der Waals surface area contributed by atoms with Gasteiger partial charge in [0.1, 0.15) is 23.4 Å². The zero-order valence-corrected chi connectivity index (χ0v) is 25.9. The van der Waals surface area contributed by atoms with Gasteiger partial charge >= 0.3 is 12.1 Å². The van der Waals surface area contributed by atoms with Crippen molar-refractivity contribution < 1.29 is 36.6 Å². The van der Waals surface area contributed by atoms with E-state index in [9.17, 15) is 18.0 Å². The molecule has 0 amide bonds. The van der Waals surface area contributed by atoms with Gasteiger partial charge in [0, 0.05) is 17.5 Å². The lowest BCUT2D eigenvalue weighted by Crippen LogP contribution is -2.43. The van der Waals surface area contributed by atoms with Crippen LogP contribution in [0, 0.1) is 0 Å². The van der Waals surface area contributed by atoms with Crippen molar-refractivity contribution in [2.75, 3.05) is 13.7 Å². The Morgan fingerprint density at radius 1 is 0.976 bits per heavy atom. The molecule has 0 radical (unpaired) electrons. The third kappa shape index (κ3) is 5.89. The Morgan fingerprint density at radius 3 is 2.29 bits per heavy atom. The van der Waals surface area contributed by atoms with Crippen molar-refractivity contribution in [1.29, 1.82) is 0 Å². The van der Waals surface area contributed by atoms with E-state index in [-0.39, 0.29) is 28.9 Å². The number of hydrogen-bond acceptors (Lipinski definition) is 5. The number of carbonyl (C=O) groups excluding carboxylic acids is 1. The van der Waals surface area contributed by atoms with E-state index in [4.69, 9.17) is 18.6 Å². The Kier molecular flexibility index (Phi) is 7.85. The number of benzene rings is 3. The van der Waals surface area contributed by atoms with Crippen LogP contribution in [-0.4, -0.2) is 28.0 Å². The highest BCUT2D eigenvalue weighted by Crippen LogP contribution is 2.47. The van der Waals surface area contributed by atoms with Gasteiger partial charge in [-0.15, -0.1) is 0 Å². The second-order valence-corrected chi connectivity index (χ2v) is 17.3. The maximum Gasteiger partial charge on any atom is 0.417 e. The van der Waals surface area contributed by atoms with Gasteiger partial charge < -0.3 is 18.6 Å². The zero-order chi connectivity index (χ0) is 30.4. The summed E-state index contributed by atoms with van der Waals surface area (Å²) in [6.45, 7) is 11.1. The third-order valence-electron chi connectivity index (χ3n) is 8.76. The molecule has 224 valence electrons. The molecule has 0 saturated heterocycles. The van der Waals surface area contributed by atoms with Crippen molar-refractivity contribution in [1.82, 2.24) is 0 Å². The minimum atomic E-state index is -4.50. The van der Waals surface area contributed by atoms with Crippen molar-refractivity contribution in [2.24, 2.45) is 0 Å². The standard InChI is InChI=1S/C33H37F3O5Si/c1-32(2,3)42(5,6)41-22-9-7-20(8-10-22)31-26-14-16-28(25(26)13-15-27(31)33(34,35)36)40-23-11-12-24-21(17-30(37)38-4)19-39-29(24)18-23/h7-13,15,18,21,28H,14,16-17,19H2,1-6H3/t21?,28-/m1/s1. The van der Waals surface area contributed by atoms with E-state index in [1.807, 2.05) is 12.1 Å². The molecular formula is C33H37F3O5Si. The molecule has 0 N–H and O–H groups in total. The molecule has 5 nitrogen and oxygen atoms in total. The number of fused-ring (bicyclic) bond motifs is 2. The minimum absolute atomic E-state index is 0.000112. The quantitative estimate of drug-likeness (QED) is 0.201. The largest absolute Gasteiger partial charge is 0.544 e. The number of hydrogen-bond donors (Lipinski definition) is 0. The highest BCUT2D eigenvalue weighted by Gasteiger charge is 2.40. The van der Waals surface area contributed by atoms with Crippen molar-refractivity contribution >= 4 is 14.3 Å². The first-order valence-corrected chi connectivity index (χ1v) is 17.1. The first kappa shape index (κ1) is 30.0. The lowest BCUT2D eigenvalue weighted by molar-refractivity contribution is -0.141. The van der Waals surface area contributed by atoms with Crippen LogP contribution >= 0.6 is 0 Å². The predicted octanol–water partition coefficient (Wildman–Crippen LogP) is 8.86. The Labute approximate surface area is 246 Å². The van der Waals surface area contributed by atoms with Crippen LogP contribution in [0.25, 0.3) is 11.1 Å². The summed E-state index contributed by atoms with van der Waals surface area (Å²) in [4.78, 5) is 11.7. The van der Waals surface area contributed by atoms with Gasteiger partial charge in [-0.2, -0.15) is 13.2 Å². The Hall–Kier alpha value is -3.46. The molecule has 1 heterocycles. The monoisotopic (exact) mass is 598 g/mol. The number of methoxy groups -OCH3 is 1. The summed E-state index contributed by atoms with van der Waals surface area (Å²) in [5.74, 6) is 1.49. The predicted molar refractivity (Wildman–Crippen MR) is 158 cm³/mol. The van der Waals surface area contributed by atoms with Gasteiger partial charge in [-0.3, -0.25) is 4.79 Å². The maximum atomic E-state index is 14.2.